The van der Waals surface area contributed by atoms with Gasteiger partial charge in [0.25, 0.3) is 0 Å². The van der Waals surface area contributed by atoms with E-state index < -0.39 is 17.3 Å². The third-order valence-electron chi connectivity index (χ3n) is 3.60. The number of aliphatic carboxylic acids is 1. The standard InChI is InChI=1S/C14H16BrNO4/c1-8(10-4-3-9(15)7-11(10)20-2)16-12(17)14(5-6-14)13(18)19/h3-4,7-8H,5-6H2,1-2H3,(H,16,17)(H,18,19). The van der Waals surface area contributed by atoms with Crippen LogP contribution in [0.2, 0.25) is 0 Å². The summed E-state index contributed by atoms with van der Waals surface area (Å²) in [4.78, 5) is 23.2. The average Bonchev–Trinajstić information content (AvgIpc) is 3.19. The third kappa shape index (κ3) is 2.65. The molecule has 108 valence electrons. The molecule has 20 heavy (non-hydrogen) atoms. The molecular formula is C14H16BrNO4. The maximum atomic E-state index is 12.1. The molecule has 5 nitrogen and oxygen atoms in total. The van der Waals surface area contributed by atoms with E-state index in [1.165, 1.54) is 0 Å². The van der Waals surface area contributed by atoms with Crippen LogP contribution in [0.1, 0.15) is 31.4 Å². The lowest BCUT2D eigenvalue weighted by Gasteiger charge is -2.19. The van der Waals surface area contributed by atoms with Crippen LogP contribution < -0.4 is 10.1 Å². The van der Waals surface area contributed by atoms with Crippen molar-refractivity contribution in [1.29, 1.82) is 0 Å². The molecule has 0 saturated heterocycles. The fraction of sp³-hybridized carbons (Fsp3) is 0.429. The highest BCUT2D eigenvalue weighted by molar-refractivity contribution is 9.10. The molecule has 0 aliphatic heterocycles. The summed E-state index contributed by atoms with van der Waals surface area (Å²) in [6.45, 7) is 1.81. The summed E-state index contributed by atoms with van der Waals surface area (Å²) in [6, 6.07) is 5.18. The molecule has 6 heteroatoms. The predicted molar refractivity (Wildman–Crippen MR) is 76.6 cm³/mol. The van der Waals surface area contributed by atoms with Crippen molar-refractivity contribution >= 4 is 27.8 Å². The number of halogens is 1. The van der Waals surface area contributed by atoms with Crippen molar-refractivity contribution in [2.75, 3.05) is 7.11 Å². The minimum Gasteiger partial charge on any atom is -0.496 e. The highest BCUT2D eigenvalue weighted by Gasteiger charge is 2.57. The largest absolute Gasteiger partial charge is 0.496 e. The van der Waals surface area contributed by atoms with E-state index in [1.807, 2.05) is 25.1 Å². The van der Waals surface area contributed by atoms with Crippen molar-refractivity contribution in [3.8, 4) is 5.75 Å². The van der Waals surface area contributed by atoms with Crippen molar-refractivity contribution < 1.29 is 19.4 Å². The number of amides is 1. The molecule has 1 unspecified atom stereocenters. The van der Waals surface area contributed by atoms with E-state index in [1.54, 1.807) is 7.11 Å². The summed E-state index contributed by atoms with van der Waals surface area (Å²) in [7, 11) is 1.56. The Hall–Kier alpha value is -1.56. The minimum atomic E-state index is -1.23. The van der Waals surface area contributed by atoms with E-state index in [9.17, 15) is 9.59 Å². The fourth-order valence-corrected chi connectivity index (χ4v) is 2.46. The van der Waals surface area contributed by atoms with E-state index in [0.717, 1.165) is 10.0 Å². The normalized spacial score (nSPS) is 17.1. The van der Waals surface area contributed by atoms with Gasteiger partial charge in [-0.1, -0.05) is 22.0 Å². The molecule has 1 atom stereocenters. The zero-order valence-electron chi connectivity index (χ0n) is 11.3. The van der Waals surface area contributed by atoms with Gasteiger partial charge in [-0.2, -0.15) is 0 Å². The maximum Gasteiger partial charge on any atom is 0.319 e. The minimum absolute atomic E-state index is 0.317. The Kier molecular flexibility index (Phi) is 4.04. The monoisotopic (exact) mass is 341 g/mol. The van der Waals surface area contributed by atoms with Gasteiger partial charge in [-0.25, -0.2) is 0 Å². The van der Waals surface area contributed by atoms with Crippen molar-refractivity contribution in [2.24, 2.45) is 5.41 Å². The number of nitrogens with one attached hydrogen (secondary N) is 1. The van der Waals surface area contributed by atoms with Crippen LogP contribution in [-0.4, -0.2) is 24.1 Å². The van der Waals surface area contributed by atoms with Gasteiger partial charge in [0.15, 0.2) is 0 Å². The first-order valence-corrected chi connectivity index (χ1v) is 7.08. The lowest BCUT2D eigenvalue weighted by molar-refractivity contribution is -0.149. The van der Waals surface area contributed by atoms with Gasteiger partial charge < -0.3 is 15.2 Å². The zero-order valence-corrected chi connectivity index (χ0v) is 12.9. The summed E-state index contributed by atoms with van der Waals surface area (Å²) in [5.41, 5.74) is -0.415. The molecule has 0 heterocycles. The Morgan fingerprint density at radius 1 is 1.45 bits per heavy atom. The fourth-order valence-electron chi connectivity index (χ4n) is 2.12. The van der Waals surface area contributed by atoms with Gasteiger partial charge in [-0.15, -0.1) is 0 Å². The summed E-state index contributed by atoms with van der Waals surface area (Å²) in [5, 5.41) is 11.9. The Morgan fingerprint density at radius 3 is 2.60 bits per heavy atom. The molecule has 0 aromatic heterocycles. The van der Waals surface area contributed by atoms with Gasteiger partial charge in [0, 0.05) is 10.0 Å². The van der Waals surface area contributed by atoms with Crippen LogP contribution in [0.4, 0.5) is 0 Å². The number of carbonyl (C=O) groups excluding carboxylic acids is 1. The predicted octanol–water partition coefficient (Wildman–Crippen LogP) is 2.50. The first-order valence-electron chi connectivity index (χ1n) is 6.28. The number of carboxylic acids is 1. The number of rotatable bonds is 5. The van der Waals surface area contributed by atoms with Gasteiger partial charge >= 0.3 is 5.97 Å². The van der Waals surface area contributed by atoms with Gasteiger partial charge in [0.2, 0.25) is 5.91 Å². The summed E-state index contributed by atoms with van der Waals surface area (Å²) < 4.78 is 6.16. The molecule has 2 N–H and O–H groups in total. The van der Waals surface area contributed by atoms with Crippen LogP contribution >= 0.6 is 15.9 Å². The van der Waals surface area contributed by atoms with E-state index in [4.69, 9.17) is 9.84 Å². The number of benzene rings is 1. The van der Waals surface area contributed by atoms with Crippen LogP contribution in [0.3, 0.4) is 0 Å². The van der Waals surface area contributed by atoms with Gasteiger partial charge in [0.1, 0.15) is 11.2 Å². The topological polar surface area (TPSA) is 75.6 Å². The molecule has 1 aromatic rings. The molecule has 2 rings (SSSR count). The third-order valence-corrected chi connectivity index (χ3v) is 4.10. The molecule has 1 saturated carbocycles. The SMILES string of the molecule is COc1cc(Br)ccc1C(C)NC(=O)C1(C(=O)O)CC1. The second-order valence-corrected chi connectivity index (χ2v) is 5.88. The molecule has 1 aliphatic carbocycles. The first kappa shape index (κ1) is 14.8. The number of methoxy groups -OCH3 is 1. The van der Waals surface area contributed by atoms with E-state index >= 15 is 0 Å². The Labute approximate surface area is 125 Å². The highest BCUT2D eigenvalue weighted by Crippen LogP contribution is 2.46. The van der Waals surface area contributed by atoms with Crippen molar-refractivity contribution in [2.45, 2.75) is 25.8 Å². The van der Waals surface area contributed by atoms with E-state index in [-0.39, 0.29) is 6.04 Å². The Bertz CT molecular complexity index is 554. The number of carboxylic acid groups (broad SMARTS) is 1. The van der Waals surface area contributed by atoms with Crippen molar-refractivity contribution in [3.05, 3.63) is 28.2 Å². The molecular weight excluding hydrogens is 326 g/mol. The first-order chi connectivity index (χ1) is 9.40. The molecule has 1 fully saturated rings. The molecule has 0 spiro atoms. The van der Waals surface area contributed by atoms with Gasteiger partial charge in [-0.3, -0.25) is 9.59 Å². The second kappa shape index (κ2) is 5.44. The summed E-state index contributed by atoms with van der Waals surface area (Å²) >= 11 is 3.35. The molecule has 1 amide bonds. The van der Waals surface area contributed by atoms with Crippen LogP contribution in [-0.2, 0) is 9.59 Å². The smallest absolute Gasteiger partial charge is 0.319 e. The van der Waals surface area contributed by atoms with Crippen LogP contribution in [0.5, 0.6) is 5.75 Å². The zero-order chi connectivity index (χ0) is 14.9. The summed E-state index contributed by atoms with van der Waals surface area (Å²) in [6.07, 6.45) is 0.802. The highest BCUT2D eigenvalue weighted by atomic mass is 79.9. The van der Waals surface area contributed by atoms with Crippen LogP contribution in [0.15, 0.2) is 22.7 Å². The molecule has 1 aromatic carbocycles. The van der Waals surface area contributed by atoms with E-state index in [2.05, 4.69) is 21.2 Å². The number of hydrogen-bond donors (Lipinski definition) is 2. The van der Waals surface area contributed by atoms with Crippen LogP contribution in [0, 0.1) is 5.41 Å². The number of carbonyl (C=O) groups is 2. The molecule has 1 aliphatic rings. The second-order valence-electron chi connectivity index (χ2n) is 4.97. The number of ether oxygens (including phenoxy) is 1. The van der Waals surface area contributed by atoms with E-state index in [0.29, 0.717) is 18.6 Å². The Balaban J connectivity index is 2.15. The summed E-state index contributed by atoms with van der Waals surface area (Å²) in [5.74, 6) is -0.834. The number of hydrogen-bond acceptors (Lipinski definition) is 3. The maximum absolute atomic E-state index is 12.1. The van der Waals surface area contributed by atoms with Crippen molar-refractivity contribution in [3.63, 3.8) is 0 Å². The quantitative estimate of drug-likeness (QED) is 0.807. The lowest BCUT2D eigenvalue weighted by atomic mass is 10.0. The van der Waals surface area contributed by atoms with Crippen LogP contribution in [0.25, 0.3) is 0 Å². The van der Waals surface area contributed by atoms with Gasteiger partial charge in [-0.05, 0) is 31.9 Å². The molecule has 0 radical (unpaired) electrons. The van der Waals surface area contributed by atoms with Gasteiger partial charge in [0.05, 0.1) is 13.2 Å². The van der Waals surface area contributed by atoms with Crippen molar-refractivity contribution in [1.82, 2.24) is 5.32 Å². The lowest BCUT2D eigenvalue weighted by Crippen LogP contribution is -2.38. The molecule has 0 bridgehead atoms. The Morgan fingerprint density at radius 2 is 2.10 bits per heavy atom. The average molecular weight is 342 g/mol.